The molecule has 0 aliphatic rings. The van der Waals surface area contributed by atoms with Gasteiger partial charge in [0.1, 0.15) is 0 Å². The fourth-order valence-corrected chi connectivity index (χ4v) is 2.66. The number of aryl methyl sites for hydroxylation is 1. The van der Waals surface area contributed by atoms with Gasteiger partial charge in [0.15, 0.2) is 5.16 Å². The lowest BCUT2D eigenvalue weighted by molar-refractivity contribution is -0.139. The largest absolute Gasteiger partial charge is 0.417 e. The molecule has 0 aliphatic carbocycles. The van der Waals surface area contributed by atoms with Gasteiger partial charge in [-0.15, -0.1) is 0 Å². The molecule has 0 saturated heterocycles. The molecule has 0 saturated carbocycles. The highest BCUT2D eigenvalue weighted by molar-refractivity contribution is 7.99. The van der Waals surface area contributed by atoms with Crippen molar-refractivity contribution in [2.75, 3.05) is 0 Å². The lowest BCUT2D eigenvalue weighted by atomic mass is 10.1. The Hall–Kier alpha value is -1.80. The Labute approximate surface area is 122 Å². The molecule has 8 heteroatoms. The van der Waals surface area contributed by atoms with Crippen LogP contribution < -0.4 is 5.56 Å². The lowest BCUT2D eigenvalue weighted by Crippen LogP contribution is -2.10. The van der Waals surface area contributed by atoms with Crippen molar-refractivity contribution in [2.45, 2.75) is 29.8 Å². The summed E-state index contributed by atoms with van der Waals surface area (Å²) in [6.45, 7) is 1.10. The first-order valence-electron chi connectivity index (χ1n) is 5.86. The number of aromatic amines is 1. The van der Waals surface area contributed by atoms with Crippen molar-refractivity contribution in [1.82, 2.24) is 9.97 Å². The van der Waals surface area contributed by atoms with Crippen molar-refractivity contribution in [3.63, 3.8) is 0 Å². The monoisotopic (exact) mass is 316 g/mol. The Kier molecular flexibility index (Phi) is 4.38. The topological polar surface area (TPSA) is 66.0 Å². The number of nitrogens with one attached hydrogen (secondary N) is 1. The van der Waals surface area contributed by atoms with Crippen molar-refractivity contribution in [2.24, 2.45) is 0 Å². The van der Waals surface area contributed by atoms with E-state index in [0.29, 0.717) is 5.69 Å². The molecule has 4 nitrogen and oxygen atoms in total. The lowest BCUT2D eigenvalue weighted by Gasteiger charge is -2.13. The Bertz CT molecular complexity index is 713. The molecule has 0 spiro atoms. The third-order valence-corrected chi connectivity index (χ3v) is 3.55. The van der Waals surface area contributed by atoms with Crippen molar-refractivity contribution in [3.8, 4) is 0 Å². The molecule has 2 rings (SSSR count). The average Bonchev–Trinajstić information content (AvgIpc) is 2.36. The normalized spacial score (nSPS) is 11.7. The standard InChI is InChI=1S/C13H11F3N2O2S/c1-7-4-11(20)18-12(17-7)21-10-3-2-8(6-19)5-9(10)13(14,15)16/h2-5,19H,6H2,1H3,(H,17,18,20). The van der Waals surface area contributed by atoms with Gasteiger partial charge in [-0.1, -0.05) is 17.8 Å². The molecular formula is C13H11F3N2O2S. The van der Waals surface area contributed by atoms with Gasteiger partial charge in [0.2, 0.25) is 0 Å². The molecule has 0 aliphatic heterocycles. The first kappa shape index (κ1) is 15.6. The second-order valence-corrected chi connectivity index (χ2v) is 5.31. The van der Waals surface area contributed by atoms with E-state index in [1.165, 1.54) is 18.2 Å². The van der Waals surface area contributed by atoms with Crippen LogP contribution in [0.2, 0.25) is 0 Å². The second kappa shape index (κ2) is 5.90. The minimum Gasteiger partial charge on any atom is -0.392 e. The van der Waals surface area contributed by atoms with Crippen LogP contribution in [0.1, 0.15) is 16.8 Å². The average molecular weight is 316 g/mol. The summed E-state index contributed by atoms with van der Waals surface area (Å²) in [5.41, 5.74) is -0.715. The van der Waals surface area contributed by atoms with Gasteiger partial charge in [0.05, 0.1) is 12.2 Å². The SMILES string of the molecule is Cc1cc(=O)[nH]c(Sc2ccc(CO)cc2C(F)(F)F)n1. The van der Waals surface area contributed by atoms with E-state index in [1.807, 2.05) is 0 Å². The summed E-state index contributed by atoms with van der Waals surface area (Å²) >= 11 is 0.720. The number of aromatic nitrogens is 2. The fraction of sp³-hybridized carbons (Fsp3) is 0.231. The maximum absolute atomic E-state index is 13.0. The van der Waals surface area contributed by atoms with Crippen LogP contribution in [0.25, 0.3) is 0 Å². The van der Waals surface area contributed by atoms with Gasteiger partial charge in [-0.3, -0.25) is 4.79 Å². The van der Waals surface area contributed by atoms with Crippen LogP contribution in [-0.2, 0) is 12.8 Å². The second-order valence-electron chi connectivity index (χ2n) is 4.28. The van der Waals surface area contributed by atoms with Crippen LogP contribution in [0.3, 0.4) is 0 Å². The molecule has 0 radical (unpaired) electrons. The van der Waals surface area contributed by atoms with E-state index in [2.05, 4.69) is 9.97 Å². The van der Waals surface area contributed by atoms with Gasteiger partial charge in [0.25, 0.3) is 5.56 Å². The molecule has 0 amide bonds. The van der Waals surface area contributed by atoms with Gasteiger partial charge >= 0.3 is 6.18 Å². The predicted molar refractivity (Wildman–Crippen MR) is 71.1 cm³/mol. The highest BCUT2D eigenvalue weighted by Crippen LogP contribution is 2.39. The number of rotatable bonds is 3. The molecule has 2 aromatic rings. The van der Waals surface area contributed by atoms with Crippen LogP contribution in [-0.4, -0.2) is 15.1 Å². The van der Waals surface area contributed by atoms with E-state index < -0.39 is 23.9 Å². The van der Waals surface area contributed by atoms with Crippen molar-refractivity contribution < 1.29 is 18.3 Å². The van der Waals surface area contributed by atoms with E-state index in [9.17, 15) is 18.0 Å². The quantitative estimate of drug-likeness (QED) is 0.855. The number of halogens is 3. The highest BCUT2D eigenvalue weighted by Gasteiger charge is 2.34. The molecule has 0 bridgehead atoms. The Balaban J connectivity index is 2.46. The summed E-state index contributed by atoms with van der Waals surface area (Å²) in [6, 6.07) is 4.78. The van der Waals surface area contributed by atoms with Crippen molar-refractivity contribution in [1.29, 1.82) is 0 Å². The maximum Gasteiger partial charge on any atom is 0.417 e. The third-order valence-electron chi connectivity index (χ3n) is 2.59. The number of nitrogens with zero attached hydrogens (tertiary/aromatic N) is 1. The Morgan fingerprint density at radius 2 is 2.05 bits per heavy atom. The van der Waals surface area contributed by atoms with Crippen LogP contribution in [0.5, 0.6) is 0 Å². The zero-order chi connectivity index (χ0) is 15.6. The fourth-order valence-electron chi connectivity index (χ4n) is 1.69. The smallest absolute Gasteiger partial charge is 0.392 e. The molecule has 1 aromatic carbocycles. The van der Waals surface area contributed by atoms with Crippen molar-refractivity contribution in [3.05, 3.63) is 51.4 Å². The predicted octanol–water partition coefficient (Wildman–Crippen LogP) is 2.74. The molecule has 0 atom stereocenters. The van der Waals surface area contributed by atoms with Crippen LogP contribution in [0, 0.1) is 6.92 Å². The molecule has 21 heavy (non-hydrogen) atoms. The number of hydrogen-bond acceptors (Lipinski definition) is 4. The van der Waals surface area contributed by atoms with Crippen molar-refractivity contribution >= 4 is 11.8 Å². The zero-order valence-corrected chi connectivity index (χ0v) is 11.7. The first-order chi connectivity index (χ1) is 9.79. The molecule has 1 aromatic heterocycles. The van der Waals surface area contributed by atoms with E-state index in [1.54, 1.807) is 6.92 Å². The number of benzene rings is 1. The maximum atomic E-state index is 13.0. The van der Waals surface area contributed by atoms with Gasteiger partial charge in [0, 0.05) is 16.7 Å². The van der Waals surface area contributed by atoms with Gasteiger partial charge in [-0.25, -0.2) is 4.98 Å². The summed E-state index contributed by atoms with van der Waals surface area (Å²) < 4.78 is 39.1. The summed E-state index contributed by atoms with van der Waals surface area (Å²) in [5, 5.41) is 9.03. The van der Waals surface area contributed by atoms with Crippen LogP contribution >= 0.6 is 11.8 Å². The highest BCUT2D eigenvalue weighted by atomic mass is 32.2. The van der Waals surface area contributed by atoms with E-state index >= 15 is 0 Å². The number of H-pyrrole nitrogens is 1. The van der Waals surface area contributed by atoms with Gasteiger partial charge in [-0.2, -0.15) is 13.2 Å². The molecular weight excluding hydrogens is 305 g/mol. The van der Waals surface area contributed by atoms with Gasteiger partial charge in [-0.05, 0) is 24.6 Å². The van der Waals surface area contributed by atoms with E-state index in [0.717, 1.165) is 17.8 Å². The summed E-state index contributed by atoms with van der Waals surface area (Å²) in [7, 11) is 0. The van der Waals surface area contributed by atoms with E-state index in [-0.39, 0.29) is 15.6 Å². The summed E-state index contributed by atoms with van der Waals surface area (Å²) in [4.78, 5) is 17.6. The summed E-state index contributed by atoms with van der Waals surface area (Å²) in [5.74, 6) is 0. The number of aliphatic hydroxyl groups is 1. The Morgan fingerprint density at radius 3 is 2.62 bits per heavy atom. The minimum absolute atomic E-state index is 0.0854. The number of alkyl halides is 3. The molecule has 112 valence electrons. The first-order valence-corrected chi connectivity index (χ1v) is 6.68. The van der Waals surface area contributed by atoms with Crippen LogP contribution in [0.15, 0.2) is 39.1 Å². The number of aliphatic hydroxyl groups excluding tert-OH is 1. The molecule has 1 heterocycles. The molecule has 2 N–H and O–H groups in total. The van der Waals surface area contributed by atoms with Gasteiger partial charge < -0.3 is 10.1 Å². The third kappa shape index (κ3) is 3.85. The van der Waals surface area contributed by atoms with E-state index in [4.69, 9.17) is 5.11 Å². The Morgan fingerprint density at radius 1 is 1.33 bits per heavy atom. The van der Waals surface area contributed by atoms with Crippen LogP contribution in [0.4, 0.5) is 13.2 Å². The molecule has 0 unspecified atom stereocenters. The zero-order valence-electron chi connectivity index (χ0n) is 10.9. The number of hydrogen-bond donors (Lipinski definition) is 2. The summed E-state index contributed by atoms with van der Waals surface area (Å²) in [6.07, 6.45) is -4.56. The molecule has 0 fully saturated rings. The minimum atomic E-state index is -4.56.